The van der Waals surface area contributed by atoms with Gasteiger partial charge in [-0.3, -0.25) is 0 Å². The van der Waals surface area contributed by atoms with Gasteiger partial charge >= 0.3 is 12.0 Å². The molecular weight excluding hydrogens is 264 g/mol. The number of halogens is 1. The summed E-state index contributed by atoms with van der Waals surface area (Å²) in [6.07, 6.45) is 0. The number of carboxylic acids is 1. The summed E-state index contributed by atoms with van der Waals surface area (Å²) in [6.45, 7) is 7.24. The molecule has 0 saturated carbocycles. The summed E-state index contributed by atoms with van der Waals surface area (Å²) in [5.74, 6) is -1.21. The van der Waals surface area contributed by atoms with Crippen LogP contribution in [0.2, 0.25) is 0 Å². The van der Waals surface area contributed by atoms with E-state index in [1.165, 1.54) is 0 Å². The van der Waals surface area contributed by atoms with Crippen LogP contribution < -0.4 is 10.6 Å². The average Bonchev–Trinajstić information content (AvgIpc) is 2.09. The molecular formula is C9H15BrN2O3. The minimum absolute atomic E-state index is 0.166. The zero-order chi connectivity index (χ0) is 12.0. The zero-order valence-corrected chi connectivity index (χ0v) is 10.3. The quantitative estimate of drug-likeness (QED) is 0.709. The molecule has 0 aliphatic heterocycles. The number of hydrogen-bond acceptors (Lipinski definition) is 2. The molecule has 0 spiro atoms. The van der Waals surface area contributed by atoms with Gasteiger partial charge in [-0.25, -0.2) is 9.59 Å². The Morgan fingerprint density at radius 3 is 2.33 bits per heavy atom. The summed E-state index contributed by atoms with van der Waals surface area (Å²) in [5.41, 5.74) is 0. The van der Waals surface area contributed by atoms with Gasteiger partial charge in [-0.2, -0.15) is 0 Å². The molecule has 6 heteroatoms. The Morgan fingerprint density at radius 2 is 2.00 bits per heavy atom. The van der Waals surface area contributed by atoms with E-state index in [4.69, 9.17) is 5.11 Å². The van der Waals surface area contributed by atoms with Crippen LogP contribution in [0.4, 0.5) is 4.79 Å². The fourth-order valence-corrected chi connectivity index (χ4v) is 1.02. The Bertz CT molecular complexity index is 266. The maximum atomic E-state index is 11.2. The molecule has 2 amide bonds. The molecule has 0 rings (SSSR count). The molecule has 86 valence electrons. The first-order valence-corrected chi connectivity index (χ1v) is 5.24. The van der Waals surface area contributed by atoms with Crippen molar-refractivity contribution >= 4 is 27.9 Å². The largest absolute Gasteiger partial charge is 0.480 e. The first-order chi connectivity index (χ1) is 6.84. The third kappa shape index (κ3) is 6.11. The van der Waals surface area contributed by atoms with Gasteiger partial charge < -0.3 is 15.7 Å². The second-order valence-corrected chi connectivity index (χ2v) is 4.53. The summed E-state index contributed by atoms with van der Waals surface area (Å²) in [5, 5.41) is 13.6. The number of carbonyl (C=O) groups excluding carboxylic acids is 1. The fourth-order valence-electron chi connectivity index (χ4n) is 0.882. The number of urea groups is 1. The second kappa shape index (κ2) is 6.44. The van der Waals surface area contributed by atoms with Crippen molar-refractivity contribution < 1.29 is 14.7 Å². The van der Waals surface area contributed by atoms with Gasteiger partial charge in [-0.05, 0) is 5.92 Å². The Hall–Kier alpha value is -1.04. The molecule has 1 atom stereocenters. The van der Waals surface area contributed by atoms with Crippen molar-refractivity contribution in [2.24, 2.45) is 5.92 Å². The molecule has 0 saturated heterocycles. The van der Waals surface area contributed by atoms with E-state index >= 15 is 0 Å². The van der Waals surface area contributed by atoms with Crippen LogP contribution in [0, 0.1) is 5.92 Å². The van der Waals surface area contributed by atoms with Crippen LogP contribution in [0.1, 0.15) is 13.8 Å². The number of nitrogens with one attached hydrogen (secondary N) is 2. The Kier molecular flexibility index (Phi) is 6.00. The molecule has 3 N–H and O–H groups in total. The summed E-state index contributed by atoms with van der Waals surface area (Å²) >= 11 is 3.07. The topological polar surface area (TPSA) is 78.4 Å². The van der Waals surface area contributed by atoms with Gasteiger partial charge in [0.25, 0.3) is 0 Å². The van der Waals surface area contributed by atoms with Crippen LogP contribution in [0.25, 0.3) is 0 Å². The minimum Gasteiger partial charge on any atom is -0.480 e. The molecule has 0 aliphatic carbocycles. The van der Waals surface area contributed by atoms with Crippen molar-refractivity contribution in [3.05, 3.63) is 11.1 Å². The molecule has 0 aromatic rings. The minimum atomic E-state index is -1.04. The standard InChI is InChI=1S/C9H15BrN2O3/c1-5(2)7(8(13)14)12-9(15)11-4-6(3)10/h5,7H,3-4H2,1-2H3,(H,13,14)(H2,11,12,15)/t7-/m0/s1. The maximum absolute atomic E-state index is 11.2. The molecule has 0 aliphatic rings. The predicted molar refractivity (Wildman–Crippen MR) is 60.9 cm³/mol. The van der Waals surface area contributed by atoms with Crippen molar-refractivity contribution in [2.75, 3.05) is 6.54 Å². The number of hydrogen-bond donors (Lipinski definition) is 3. The van der Waals surface area contributed by atoms with E-state index < -0.39 is 18.0 Å². The summed E-state index contributed by atoms with van der Waals surface area (Å²) in [7, 11) is 0. The molecule has 15 heavy (non-hydrogen) atoms. The van der Waals surface area contributed by atoms with E-state index in [-0.39, 0.29) is 12.5 Å². The van der Waals surface area contributed by atoms with Crippen LogP contribution in [0.5, 0.6) is 0 Å². The number of rotatable bonds is 5. The van der Waals surface area contributed by atoms with Crippen LogP contribution in [0.3, 0.4) is 0 Å². The summed E-state index contributed by atoms with van der Waals surface area (Å²) < 4.78 is 0.620. The molecule has 5 nitrogen and oxygen atoms in total. The van der Waals surface area contributed by atoms with Crippen LogP contribution in [-0.2, 0) is 4.79 Å². The number of carboxylic acid groups (broad SMARTS) is 1. The van der Waals surface area contributed by atoms with E-state index in [1.54, 1.807) is 13.8 Å². The highest BCUT2D eigenvalue weighted by Gasteiger charge is 2.22. The van der Waals surface area contributed by atoms with E-state index in [2.05, 4.69) is 33.1 Å². The van der Waals surface area contributed by atoms with Crippen LogP contribution in [0.15, 0.2) is 11.1 Å². The summed E-state index contributed by atoms with van der Waals surface area (Å²) in [4.78, 5) is 22.0. The Labute approximate surface area is 97.1 Å². The van der Waals surface area contributed by atoms with Gasteiger partial charge in [-0.15, -0.1) is 0 Å². The number of aliphatic carboxylic acids is 1. The lowest BCUT2D eigenvalue weighted by molar-refractivity contribution is -0.140. The average molecular weight is 279 g/mol. The lowest BCUT2D eigenvalue weighted by Crippen LogP contribution is -2.48. The molecule has 0 aromatic heterocycles. The van der Waals surface area contributed by atoms with Crippen LogP contribution in [-0.4, -0.2) is 29.7 Å². The van der Waals surface area contributed by atoms with Gasteiger partial charge in [-0.1, -0.05) is 36.4 Å². The smallest absolute Gasteiger partial charge is 0.326 e. The highest BCUT2D eigenvalue weighted by atomic mass is 79.9. The normalized spacial score (nSPS) is 12.0. The fraction of sp³-hybridized carbons (Fsp3) is 0.556. The Balaban J connectivity index is 4.12. The lowest BCUT2D eigenvalue weighted by atomic mass is 10.1. The van der Waals surface area contributed by atoms with E-state index in [9.17, 15) is 9.59 Å². The molecule has 0 radical (unpaired) electrons. The van der Waals surface area contributed by atoms with Gasteiger partial charge in [0.05, 0.1) is 6.54 Å². The van der Waals surface area contributed by atoms with E-state index in [0.29, 0.717) is 4.48 Å². The highest BCUT2D eigenvalue weighted by molar-refractivity contribution is 9.11. The van der Waals surface area contributed by atoms with Crippen molar-refractivity contribution in [3.63, 3.8) is 0 Å². The monoisotopic (exact) mass is 278 g/mol. The SMILES string of the molecule is C=C(Br)CNC(=O)N[C@H](C(=O)O)C(C)C. The van der Waals surface area contributed by atoms with Crippen molar-refractivity contribution in [2.45, 2.75) is 19.9 Å². The van der Waals surface area contributed by atoms with Crippen molar-refractivity contribution in [1.82, 2.24) is 10.6 Å². The third-order valence-corrected chi connectivity index (χ3v) is 1.94. The maximum Gasteiger partial charge on any atom is 0.326 e. The first-order valence-electron chi connectivity index (χ1n) is 4.45. The number of carbonyl (C=O) groups is 2. The molecule has 0 heterocycles. The highest BCUT2D eigenvalue weighted by Crippen LogP contribution is 2.01. The Morgan fingerprint density at radius 1 is 1.47 bits per heavy atom. The second-order valence-electron chi connectivity index (χ2n) is 3.40. The van der Waals surface area contributed by atoms with E-state index in [0.717, 1.165) is 0 Å². The lowest BCUT2D eigenvalue weighted by Gasteiger charge is -2.18. The zero-order valence-electron chi connectivity index (χ0n) is 8.71. The first kappa shape index (κ1) is 14.0. The van der Waals surface area contributed by atoms with Gasteiger partial charge in [0.15, 0.2) is 0 Å². The molecule has 0 aromatic carbocycles. The van der Waals surface area contributed by atoms with Crippen molar-refractivity contribution in [3.8, 4) is 0 Å². The molecule has 0 unspecified atom stereocenters. The van der Waals surface area contributed by atoms with Gasteiger partial charge in [0.1, 0.15) is 6.04 Å². The summed E-state index contributed by atoms with van der Waals surface area (Å²) in [6, 6.07) is -1.40. The molecule has 0 bridgehead atoms. The predicted octanol–water partition coefficient (Wildman–Crippen LogP) is 1.30. The van der Waals surface area contributed by atoms with Crippen molar-refractivity contribution in [1.29, 1.82) is 0 Å². The van der Waals surface area contributed by atoms with E-state index in [1.807, 2.05) is 0 Å². The van der Waals surface area contributed by atoms with Gasteiger partial charge in [0.2, 0.25) is 0 Å². The number of amides is 2. The molecule has 0 fully saturated rings. The third-order valence-electron chi connectivity index (χ3n) is 1.66. The van der Waals surface area contributed by atoms with Gasteiger partial charge in [0, 0.05) is 4.48 Å². The van der Waals surface area contributed by atoms with Crippen LogP contribution >= 0.6 is 15.9 Å².